The SMILES string of the molecule is CCOC(=O)c1c(NC(=O)c2cccc([N+](=O)[O-])c2)sc2c1CC[C@H](C)C2. The third-order valence-electron chi connectivity index (χ3n) is 4.54. The van der Waals surface area contributed by atoms with Crippen molar-refractivity contribution in [1.29, 1.82) is 0 Å². The van der Waals surface area contributed by atoms with Crippen LogP contribution in [0.4, 0.5) is 10.7 Å². The van der Waals surface area contributed by atoms with E-state index in [4.69, 9.17) is 4.74 Å². The summed E-state index contributed by atoms with van der Waals surface area (Å²) in [4.78, 5) is 36.6. The lowest BCUT2D eigenvalue weighted by molar-refractivity contribution is -0.384. The summed E-state index contributed by atoms with van der Waals surface area (Å²) in [5.74, 6) is -0.415. The van der Waals surface area contributed by atoms with E-state index in [1.54, 1.807) is 6.92 Å². The van der Waals surface area contributed by atoms with Gasteiger partial charge in [0.05, 0.1) is 17.1 Å². The lowest BCUT2D eigenvalue weighted by Gasteiger charge is -2.18. The molecule has 0 aliphatic heterocycles. The molecule has 1 atom stereocenters. The van der Waals surface area contributed by atoms with Crippen molar-refractivity contribution >= 4 is 33.9 Å². The summed E-state index contributed by atoms with van der Waals surface area (Å²) in [6, 6.07) is 5.50. The maximum absolute atomic E-state index is 12.6. The van der Waals surface area contributed by atoms with E-state index in [0.29, 0.717) is 16.5 Å². The van der Waals surface area contributed by atoms with Gasteiger partial charge in [-0.2, -0.15) is 0 Å². The second-order valence-electron chi connectivity index (χ2n) is 6.54. The Kier molecular flexibility index (Phi) is 5.55. The van der Waals surface area contributed by atoms with Crippen molar-refractivity contribution in [3.05, 3.63) is 55.9 Å². The largest absolute Gasteiger partial charge is 0.462 e. The molecule has 7 nitrogen and oxygen atoms in total. The summed E-state index contributed by atoms with van der Waals surface area (Å²) < 4.78 is 5.18. The van der Waals surface area contributed by atoms with E-state index in [1.807, 2.05) is 0 Å². The Morgan fingerprint density at radius 1 is 1.41 bits per heavy atom. The van der Waals surface area contributed by atoms with Crippen molar-refractivity contribution in [1.82, 2.24) is 0 Å². The molecule has 0 radical (unpaired) electrons. The quantitative estimate of drug-likeness (QED) is 0.470. The lowest BCUT2D eigenvalue weighted by Crippen LogP contribution is -2.16. The Morgan fingerprint density at radius 3 is 2.89 bits per heavy atom. The highest BCUT2D eigenvalue weighted by molar-refractivity contribution is 7.17. The summed E-state index contributed by atoms with van der Waals surface area (Å²) in [5.41, 5.74) is 1.37. The number of amides is 1. The van der Waals surface area contributed by atoms with Gasteiger partial charge in [-0.1, -0.05) is 13.0 Å². The van der Waals surface area contributed by atoms with Crippen molar-refractivity contribution in [3.63, 3.8) is 0 Å². The van der Waals surface area contributed by atoms with Gasteiger partial charge in [-0.15, -0.1) is 11.3 Å². The average molecular weight is 388 g/mol. The molecule has 142 valence electrons. The Hall–Kier alpha value is -2.74. The van der Waals surface area contributed by atoms with Crippen LogP contribution in [0.5, 0.6) is 0 Å². The summed E-state index contributed by atoms with van der Waals surface area (Å²) >= 11 is 1.39. The van der Waals surface area contributed by atoms with Crippen LogP contribution in [0.25, 0.3) is 0 Å². The minimum absolute atomic E-state index is 0.160. The molecular weight excluding hydrogens is 368 g/mol. The van der Waals surface area contributed by atoms with Gasteiger partial charge in [0.15, 0.2) is 0 Å². The van der Waals surface area contributed by atoms with Crippen LogP contribution in [0.15, 0.2) is 24.3 Å². The highest BCUT2D eigenvalue weighted by atomic mass is 32.1. The molecule has 0 bridgehead atoms. The van der Waals surface area contributed by atoms with Gasteiger partial charge in [0, 0.05) is 22.6 Å². The van der Waals surface area contributed by atoms with Gasteiger partial charge in [-0.3, -0.25) is 14.9 Å². The average Bonchev–Trinajstić information content (AvgIpc) is 2.98. The molecule has 0 fully saturated rings. The van der Waals surface area contributed by atoms with Crippen LogP contribution >= 0.6 is 11.3 Å². The molecular formula is C19H20N2O5S. The molecule has 8 heteroatoms. The molecule has 0 saturated heterocycles. The Labute approximate surface area is 160 Å². The standard InChI is InChI=1S/C19H20N2O5S/c1-3-26-19(23)16-14-8-7-11(2)9-15(14)27-18(16)20-17(22)12-5-4-6-13(10-12)21(24)25/h4-6,10-11H,3,7-9H2,1-2H3,(H,20,22)/t11-/m0/s1. The number of carbonyl (C=O) groups is 2. The number of hydrogen-bond acceptors (Lipinski definition) is 6. The number of thiophene rings is 1. The normalized spacial score (nSPS) is 15.7. The summed E-state index contributed by atoms with van der Waals surface area (Å²) in [7, 11) is 0. The monoisotopic (exact) mass is 388 g/mol. The fourth-order valence-electron chi connectivity index (χ4n) is 3.19. The number of nitrogens with zero attached hydrogens (tertiary/aromatic N) is 1. The first-order valence-electron chi connectivity index (χ1n) is 8.78. The third kappa shape index (κ3) is 4.00. The minimum Gasteiger partial charge on any atom is -0.462 e. The number of nitrogens with one attached hydrogen (secondary N) is 1. The molecule has 1 heterocycles. The van der Waals surface area contributed by atoms with Crippen LogP contribution in [-0.4, -0.2) is 23.4 Å². The molecule has 0 saturated carbocycles. The van der Waals surface area contributed by atoms with E-state index in [2.05, 4.69) is 12.2 Å². The number of anilines is 1. The summed E-state index contributed by atoms with van der Waals surface area (Å²) in [6.45, 7) is 4.15. The van der Waals surface area contributed by atoms with Gasteiger partial charge >= 0.3 is 5.97 Å². The predicted molar refractivity (Wildman–Crippen MR) is 103 cm³/mol. The van der Waals surface area contributed by atoms with Gasteiger partial charge < -0.3 is 10.1 Å². The highest BCUT2D eigenvalue weighted by Crippen LogP contribution is 2.40. The highest BCUT2D eigenvalue weighted by Gasteiger charge is 2.29. The maximum Gasteiger partial charge on any atom is 0.341 e. The smallest absolute Gasteiger partial charge is 0.341 e. The fraction of sp³-hybridized carbons (Fsp3) is 0.368. The van der Waals surface area contributed by atoms with Gasteiger partial charge in [-0.25, -0.2) is 4.79 Å². The van der Waals surface area contributed by atoms with Crippen molar-refractivity contribution in [2.45, 2.75) is 33.1 Å². The molecule has 1 aromatic carbocycles. The second-order valence-corrected chi connectivity index (χ2v) is 7.64. The molecule has 27 heavy (non-hydrogen) atoms. The van der Waals surface area contributed by atoms with E-state index in [-0.39, 0.29) is 17.9 Å². The third-order valence-corrected chi connectivity index (χ3v) is 5.71. The molecule has 0 spiro atoms. The van der Waals surface area contributed by atoms with Crippen molar-refractivity contribution in [2.75, 3.05) is 11.9 Å². The molecule has 1 N–H and O–H groups in total. The summed E-state index contributed by atoms with van der Waals surface area (Å²) in [5, 5.41) is 14.1. The van der Waals surface area contributed by atoms with Crippen molar-refractivity contribution in [2.24, 2.45) is 5.92 Å². The number of hydrogen-bond donors (Lipinski definition) is 1. The number of non-ortho nitro benzene ring substituents is 1. The maximum atomic E-state index is 12.6. The van der Waals surface area contributed by atoms with Crippen LogP contribution in [0, 0.1) is 16.0 Å². The van der Waals surface area contributed by atoms with E-state index >= 15 is 0 Å². The Balaban J connectivity index is 1.94. The molecule has 1 aliphatic rings. The van der Waals surface area contributed by atoms with Gasteiger partial charge in [0.2, 0.25) is 0 Å². The first kappa shape index (κ1) is 19.0. The second kappa shape index (κ2) is 7.87. The zero-order valence-corrected chi connectivity index (χ0v) is 15.9. The number of esters is 1. The van der Waals surface area contributed by atoms with Gasteiger partial charge in [-0.05, 0) is 43.7 Å². The molecule has 0 unspecified atom stereocenters. The predicted octanol–water partition coefficient (Wildman–Crippen LogP) is 4.21. The number of fused-ring (bicyclic) bond motifs is 1. The van der Waals surface area contributed by atoms with Gasteiger partial charge in [0.25, 0.3) is 11.6 Å². The van der Waals surface area contributed by atoms with Crippen LogP contribution in [0.2, 0.25) is 0 Å². The van der Waals surface area contributed by atoms with Crippen LogP contribution in [0.1, 0.15) is 51.4 Å². The Morgan fingerprint density at radius 2 is 2.19 bits per heavy atom. The van der Waals surface area contributed by atoms with E-state index in [0.717, 1.165) is 29.7 Å². The topological polar surface area (TPSA) is 98.5 Å². The Bertz CT molecular complexity index is 906. The zero-order chi connectivity index (χ0) is 19.6. The molecule has 2 aromatic rings. The fourth-order valence-corrected chi connectivity index (χ4v) is 4.59. The van der Waals surface area contributed by atoms with E-state index in [9.17, 15) is 19.7 Å². The first-order chi connectivity index (χ1) is 12.9. The number of benzene rings is 1. The summed E-state index contributed by atoms with van der Waals surface area (Å²) in [6.07, 6.45) is 2.61. The minimum atomic E-state index is -0.550. The molecule has 1 amide bonds. The number of carbonyl (C=O) groups excluding carboxylic acids is 2. The van der Waals surface area contributed by atoms with E-state index < -0.39 is 16.8 Å². The molecule has 1 aliphatic carbocycles. The van der Waals surface area contributed by atoms with Crippen LogP contribution in [0.3, 0.4) is 0 Å². The van der Waals surface area contributed by atoms with Gasteiger partial charge in [0.1, 0.15) is 5.00 Å². The molecule has 1 aromatic heterocycles. The zero-order valence-electron chi connectivity index (χ0n) is 15.1. The number of rotatable bonds is 5. The number of ether oxygens (including phenoxy) is 1. The lowest BCUT2D eigenvalue weighted by atomic mass is 9.88. The van der Waals surface area contributed by atoms with E-state index in [1.165, 1.54) is 35.6 Å². The van der Waals surface area contributed by atoms with Crippen LogP contribution in [-0.2, 0) is 17.6 Å². The van der Waals surface area contributed by atoms with Crippen molar-refractivity contribution in [3.8, 4) is 0 Å². The number of nitro benzene ring substituents is 1. The first-order valence-corrected chi connectivity index (χ1v) is 9.59. The molecule has 3 rings (SSSR count). The van der Waals surface area contributed by atoms with Crippen molar-refractivity contribution < 1.29 is 19.2 Å². The number of nitro groups is 1. The van der Waals surface area contributed by atoms with Crippen LogP contribution < -0.4 is 5.32 Å².